The highest BCUT2D eigenvalue weighted by molar-refractivity contribution is 5.96. The number of aromatic nitrogens is 1. The fraction of sp³-hybridized carbons (Fsp3) is 0.176. The molecule has 0 aliphatic carbocycles. The number of carbonyl (C=O) groups excluding carboxylic acids is 1. The zero-order valence-electron chi connectivity index (χ0n) is 12.8. The Balaban J connectivity index is 1.67. The predicted molar refractivity (Wildman–Crippen MR) is 83.2 cm³/mol. The lowest BCUT2D eigenvalue weighted by Crippen LogP contribution is -2.24. The molecular formula is C17H13F3N2O3. The van der Waals surface area contributed by atoms with Crippen LogP contribution in [0.2, 0.25) is 0 Å². The minimum absolute atomic E-state index is 0.0447. The van der Waals surface area contributed by atoms with Gasteiger partial charge in [-0.15, -0.1) is 0 Å². The summed E-state index contributed by atoms with van der Waals surface area (Å²) >= 11 is 0. The standard InChI is InChI=1S/C17H13F3N2O3/c18-17(19,20)10-24-16-12(5-3-7-21-16)9-22-15(23)14-8-11-4-1-2-6-13(11)25-14/h1-8H,9-10H2,(H,22,23). The van der Waals surface area contributed by atoms with E-state index in [2.05, 4.69) is 15.0 Å². The molecule has 5 nitrogen and oxygen atoms in total. The smallest absolute Gasteiger partial charge is 0.422 e. The van der Waals surface area contributed by atoms with Gasteiger partial charge in [0, 0.05) is 23.7 Å². The number of halogens is 3. The molecule has 0 bridgehead atoms. The van der Waals surface area contributed by atoms with E-state index in [0.717, 1.165) is 5.39 Å². The lowest BCUT2D eigenvalue weighted by Gasteiger charge is -2.12. The van der Waals surface area contributed by atoms with Crippen molar-refractivity contribution in [2.75, 3.05) is 6.61 Å². The first-order valence-corrected chi connectivity index (χ1v) is 7.32. The molecule has 0 saturated carbocycles. The van der Waals surface area contributed by atoms with Crippen LogP contribution in [-0.2, 0) is 6.54 Å². The van der Waals surface area contributed by atoms with Crippen molar-refractivity contribution in [3.8, 4) is 5.88 Å². The number of nitrogens with one attached hydrogen (secondary N) is 1. The number of ether oxygens (including phenoxy) is 1. The number of carbonyl (C=O) groups is 1. The highest BCUT2D eigenvalue weighted by Gasteiger charge is 2.29. The molecule has 8 heteroatoms. The minimum Gasteiger partial charge on any atom is -0.468 e. The van der Waals surface area contributed by atoms with Gasteiger partial charge in [-0.3, -0.25) is 4.79 Å². The summed E-state index contributed by atoms with van der Waals surface area (Å²) < 4.78 is 46.9. The van der Waals surface area contributed by atoms with Crippen molar-refractivity contribution in [2.24, 2.45) is 0 Å². The van der Waals surface area contributed by atoms with Crippen LogP contribution in [0.5, 0.6) is 5.88 Å². The summed E-state index contributed by atoms with van der Waals surface area (Å²) in [6, 6.07) is 11.8. The van der Waals surface area contributed by atoms with Crippen LogP contribution >= 0.6 is 0 Å². The van der Waals surface area contributed by atoms with Crippen molar-refractivity contribution in [2.45, 2.75) is 12.7 Å². The third kappa shape index (κ3) is 4.28. The quantitative estimate of drug-likeness (QED) is 0.762. The number of furan rings is 1. The van der Waals surface area contributed by atoms with E-state index in [-0.39, 0.29) is 18.2 Å². The number of para-hydroxylation sites is 1. The Morgan fingerprint density at radius 3 is 2.76 bits per heavy atom. The van der Waals surface area contributed by atoms with E-state index < -0.39 is 18.7 Å². The predicted octanol–water partition coefficient (Wildman–Crippen LogP) is 3.70. The van der Waals surface area contributed by atoms with Crippen molar-refractivity contribution in [1.82, 2.24) is 10.3 Å². The number of rotatable bonds is 5. The van der Waals surface area contributed by atoms with Gasteiger partial charge in [0.05, 0.1) is 0 Å². The number of fused-ring (bicyclic) bond motifs is 1. The highest BCUT2D eigenvalue weighted by Crippen LogP contribution is 2.21. The van der Waals surface area contributed by atoms with Gasteiger partial charge >= 0.3 is 6.18 Å². The average Bonchev–Trinajstić information content (AvgIpc) is 3.02. The van der Waals surface area contributed by atoms with E-state index >= 15 is 0 Å². The maximum absolute atomic E-state index is 12.3. The monoisotopic (exact) mass is 350 g/mol. The summed E-state index contributed by atoms with van der Waals surface area (Å²) in [6.07, 6.45) is -3.15. The van der Waals surface area contributed by atoms with Gasteiger partial charge in [0.15, 0.2) is 12.4 Å². The first kappa shape index (κ1) is 16.8. The summed E-state index contributed by atoms with van der Waals surface area (Å²) in [5.74, 6) is -0.547. The Kier molecular flexibility index (Phi) is 4.60. The molecule has 1 amide bonds. The molecule has 0 saturated heterocycles. The Bertz CT molecular complexity index is 857. The molecule has 2 heterocycles. The Morgan fingerprint density at radius 1 is 1.20 bits per heavy atom. The van der Waals surface area contributed by atoms with Gasteiger partial charge in [-0.2, -0.15) is 13.2 Å². The third-order valence-corrected chi connectivity index (χ3v) is 3.31. The number of amides is 1. The minimum atomic E-state index is -4.47. The van der Waals surface area contributed by atoms with Gasteiger partial charge in [-0.25, -0.2) is 4.98 Å². The van der Waals surface area contributed by atoms with Crippen molar-refractivity contribution in [3.05, 3.63) is 60.0 Å². The molecule has 0 radical (unpaired) electrons. The van der Waals surface area contributed by atoms with Gasteiger partial charge in [0.25, 0.3) is 5.91 Å². The summed E-state index contributed by atoms with van der Waals surface area (Å²) in [6.45, 7) is -1.49. The molecule has 1 N–H and O–H groups in total. The maximum atomic E-state index is 12.3. The van der Waals surface area contributed by atoms with Gasteiger partial charge in [0.1, 0.15) is 5.58 Å². The van der Waals surface area contributed by atoms with Gasteiger partial charge in [-0.1, -0.05) is 24.3 Å². The first-order valence-electron chi connectivity index (χ1n) is 7.32. The number of hydrogen-bond acceptors (Lipinski definition) is 4. The van der Waals surface area contributed by atoms with Crippen molar-refractivity contribution in [1.29, 1.82) is 0 Å². The van der Waals surface area contributed by atoms with Crippen LogP contribution in [0.15, 0.2) is 53.1 Å². The van der Waals surface area contributed by atoms with Gasteiger partial charge in [0.2, 0.25) is 5.88 Å². The van der Waals surface area contributed by atoms with Crippen LogP contribution in [-0.4, -0.2) is 23.7 Å². The van der Waals surface area contributed by atoms with E-state index in [4.69, 9.17) is 4.42 Å². The number of benzene rings is 1. The Morgan fingerprint density at radius 2 is 2.00 bits per heavy atom. The molecule has 0 aliphatic rings. The molecule has 0 spiro atoms. The van der Waals surface area contributed by atoms with Crippen LogP contribution in [0.3, 0.4) is 0 Å². The molecule has 3 rings (SSSR count). The fourth-order valence-corrected chi connectivity index (χ4v) is 2.20. The summed E-state index contributed by atoms with van der Waals surface area (Å²) in [7, 11) is 0. The second-order valence-corrected chi connectivity index (χ2v) is 5.20. The molecule has 0 unspecified atom stereocenters. The summed E-state index contributed by atoms with van der Waals surface area (Å²) in [5, 5.41) is 3.36. The first-order chi connectivity index (χ1) is 11.9. The van der Waals surface area contributed by atoms with E-state index in [1.165, 1.54) is 12.3 Å². The maximum Gasteiger partial charge on any atom is 0.422 e. The lowest BCUT2D eigenvalue weighted by molar-refractivity contribution is -0.154. The number of hydrogen-bond donors (Lipinski definition) is 1. The Hall–Kier alpha value is -3.03. The van der Waals surface area contributed by atoms with Crippen LogP contribution in [0.25, 0.3) is 11.0 Å². The van der Waals surface area contributed by atoms with E-state index in [0.29, 0.717) is 11.1 Å². The zero-order valence-corrected chi connectivity index (χ0v) is 12.8. The van der Waals surface area contributed by atoms with Crippen molar-refractivity contribution in [3.63, 3.8) is 0 Å². The number of pyridine rings is 1. The third-order valence-electron chi connectivity index (χ3n) is 3.31. The fourth-order valence-electron chi connectivity index (χ4n) is 2.20. The molecule has 0 aliphatic heterocycles. The van der Waals surface area contributed by atoms with Gasteiger partial charge in [-0.05, 0) is 18.2 Å². The van der Waals surface area contributed by atoms with Crippen LogP contribution < -0.4 is 10.1 Å². The highest BCUT2D eigenvalue weighted by atomic mass is 19.4. The normalized spacial score (nSPS) is 11.5. The second-order valence-electron chi connectivity index (χ2n) is 5.20. The zero-order chi connectivity index (χ0) is 17.9. The molecule has 0 fully saturated rings. The Labute approximate surface area is 140 Å². The number of alkyl halides is 3. The van der Waals surface area contributed by atoms with Crippen molar-refractivity contribution < 1.29 is 27.1 Å². The second kappa shape index (κ2) is 6.84. The van der Waals surface area contributed by atoms with Crippen LogP contribution in [0, 0.1) is 0 Å². The lowest BCUT2D eigenvalue weighted by atomic mass is 10.2. The van der Waals surface area contributed by atoms with Crippen LogP contribution in [0.4, 0.5) is 13.2 Å². The molecule has 130 valence electrons. The number of nitrogens with zero attached hydrogens (tertiary/aromatic N) is 1. The largest absolute Gasteiger partial charge is 0.468 e. The summed E-state index contributed by atoms with van der Waals surface area (Å²) in [5.41, 5.74) is 0.902. The van der Waals surface area contributed by atoms with E-state index in [1.54, 1.807) is 30.3 Å². The van der Waals surface area contributed by atoms with E-state index in [9.17, 15) is 18.0 Å². The molecule has 3 aromatic rings. The van der Waals surface area contributed by atoms with Crippen LogP contribution in [0.1, 0.15) is 16.1 Å². The van der Waals surface area contributed by atoms with Crippen molar-refractivity contribution >= 4 is 16.9 Å². The molecule has 0 atom stereocenters. The SMILES string of the molecule is O=C(NCc1cccnc1OCC(F)(F)F)c1cc2ccccc2o1. The van der Waals surface area contributed by atoms with Gasteiger partial charge < -0.3 is 14.5 Å². The molecule has 1 aromatic carbocycles. The molecular weight excluding hydrogens is 337 g/mol. The van der Waals surface area contributed by atoms with E-state index in [1.807, 2.05) is 6.07 Å². The molecule has 2 aromatic heterocycles. The average molecular weight is 350 g/mol. The molecule has 25 heavy (non-hydrogen) atoms. The summed E-state index contributed by atoms with van der Waals surface area (Å²) in [4.78, 5) is 15.9. The topological polar surface area (TPSA) is 64.4 Å².